The summed E-state index contributed by atoms with van der Waals surface area (Å²) in [6, 6.07) is 18.5. The van der Waals surface area contributed by atoms with Crippen LogP contribution in [0.2, 0.25) is 0 Å². The molecule has 6 heteroatoms. The molecule has 3 rings (SSSR count). The lowest BCUT2D eigenvalue weighted by Crippen LogP contribution is -2.17. The highest BCUT2D eigenvalue weighted by molar-refractivity contribution is 6.04. The summed E-state index contributed by atoms with van der Waals surface area (Å²) in [5.41, 5.74) is 8.44. The minimum Gasteiger partial charge on any atom is -0.399 e. The van der Waals surface area contributed by atoms with E-state index in [1.54, 1.807) is 30.3 Å². The monoisotopic (exact) mass is 347 g/mol. The van der Waals surface area contributed by atoms with Gasteiger partial charge in [0.25, 0.3) is 5.91 Å². The molecule has 0 aliphatic carbocycles. The van der Waals surface area contributed by atoms with Crippen molar-refractivity contribution < 1.29 is 4.79 Å². The van der Waals surface area contributed by atoms with E-state index in [4.69, 9.17) is 5.73 Å². The molecule has 0 bridgehead atoms. The number of benzene rings is 2. The molecule has 2 aromatic carbocycles. The number of aromatic nitrogens is 2. The Balaban J connectivity index is 1.93. The van der Waals surface area contributed by atoms with Gasteiger partial charge in [-0.3, -0.25) is 4.79 Å². The summed E-state index contributed by atoms with van der Waals surface area (Å²) >= 11 is 0. The van der Waals surface area contributed by atoms with Crippen LogP contribution in [-0.2, 0) is 0 Å². The first-order valence-corrected chi connectivity index (χ1v) is 8.39. The van der Waals surface area contributed by atoms with Crippen LogP contribution in [0.1, 0.15) is 24.2 Å². The summed E-state index contributed by atoms with van der Waals surface area (Å²) in [4.78, 5) is 21.4. The van der Waals surface area contributed by atoms with Crippen LogP contribution in [0.3, 0.4) is 0 Å². The van der Waals surface area contributed by atoms with Crippen molar-refractivity contribution in [2.45, 2.75) is 19.9 Å². The van der Waals surface area contributed by atoms with Crippen LogP contribution >= 0.6 is 0 Å². The average molecular weight is 347 g/mol. The Morgan fingerprint density at radius 3 is 2.46 bits per heavy atom. The molecule has 0 spiro atoms. The molecule has 26 heavy (non-hydrogen) atoms. The van der Waals surface area contributed by atoms with Crippen LogP contribution < -0.4 is 16.4 Å². The van der Waals surface area contributed by atoms with E-state index in [-0.39, 0.29) is 11.9 Å². The van der Waals surface area contributed by atoms with Crippen LogP contribution in [0.4, 0.5) is 17.5 Å². The first-order chi connectivity index (χ1) is 12.5. The topological polar surface area (TPSA) is 92.9 Å². The van der Waals surface area contributed by atoms with Gasteiger partial charge in [0, 0.05) is 28.9 Å². The zero-order chi connectivity index (χ0) is 18.5. The van der Waals surface area contributed by atoms with Crippen molar-refractivity contribution in [3.63, 3.8) is 0 Å². The fourth-order valence-electron chi connectivity index (χ4n) is 2.46. The van der Waals surface area contributed by atoms with E-state index in [0.717, 1.165) is 11.3 Å². The smallest absolute Gasteiger partial charge is 0.256 e. The Morgan fingerprint density at radius 2 is 1.77 bits per heavy atom. The second-order valence-corrected chi connectivity index (χ2v) is 6.21. The summed E-state index contributed by atoms with van der Waals surface area (Å²) in [5, 5.41) is 6.01. The van der Waals surface area contributed by atoms with Gasteiger partial charge in [-0.15, -0.1) is 0 Å². The van der Waals surface area contributed by atoms with Crippen LogP contribution in [0, 0.1) is 0 Å². The first kappa shape index (κ1) is 17.4. The molecule has 3 aromatic rings. The Bertz CT molecular complexity index is 909. The van der Waals surface area contributed by atoms with Gasteiger partial charge in [-0.25, -0.2) is 4.98 Å². The maximum absolute atomic E-state index is 12.5. The third-order valence-electron chi connectivity index (χ3n) is 3.60. The maximum Gasteiger partial charge on any atom is 0.256 e. The molecule has 0 unspecified atom stereocenters. The summed E-state index contributed by atoms with van der Waals surface area (Å²) < 4.78 is 0. The lowest BCUT2D eigenvalue weighted by molar-refractivity contribution is 0.102. The van der Waals surface area contributed by atoms with Gasteiger partial charge >= 0.3 is 0 Å². The molecule has 0 aliphatic rings. The first-order valence-electron chi connectivity index (χ1n) is 8.39. The lowest BCUT2D eigenvalue weighted by Gasteiger charge is -2.13. The highest BCUT2D eigenvalue weighted by Gasteiger charge is 2.11. The predicted octanol–water partition coefficient (Wildman–Crippen LogP) is 3.80. The standard InChI is InChI=1S/C20H21N5O/c1-13(2)22-20-23-17(14-7-4-3-5-8-14)12-18(25-20)24-19(26)15-9-6-10-16(21)11-15/h3-13H,21H2,1-2H3,(H2,22,23,24,25,26). The second-order valence-electron chi connectivity index (χ2n) is 6.21. The SMILES string of the molecule is CC(C)Nc1nc(NC(=O)c2cccc(N)c2)cc(-c2ccccc2)n1. The molecule has 0 radical (unpaired) electrons. The number of nitrogen functional groups attached to an aromatic ring is 1. The molecule has 0 fully saturated rings. The Hall–Kier alpha value is -3.41. The van der Waals surface area contributed by atoms with E-state index in [0.29, 0.717) is 23.0 Å². The Labute approximate surface area is 152 Å². The fraction of sp³-hybridized carbons (Fsp3) is 0.150. The molecule has 0 saturated heterocycles. The second kappa shape index (κ2) is 7.65. The van der Waals surface area contributed by atoms with Gasteiger partial charge in [-0.1, -0.05) is 36.4 Å². The van der Waals surface area contributed by atoms with E-state index in [1.807, 2.05) is 44.2 Å². The number of hydrogen-bond acceptors (Lipinski definition) is 5. The van der Waals surface area contributed by atoms with Gasteiger partial charge in [0.05, 0.1) is 5.69 Å². The van der Waals surface area contributed by atoms with Gasteiger partial charge in [0.15, 0.2) is 0 Å². The van der Waals surface area contributed by atoms with Crippen molar-refractivity contribution in [1.29, 1.82) is 0 Å². The third kappa shape index (κ3) is 4.36. The molecule has 4 N–H and O–H groups in total. The number of rotatable bonds is 5. The van der Waals surface area contributed by atoms with Gasteiger partial charge in [-0.05, 0) is 32.0 Å². The molecular formula is C20H21N5O. The van der Waals surface area contributed by atoms with E-state index < -0.39 is 0 Å². The zero-order valence-corrected chi connectivity index (χ0v) is 14.7. The summed E-state index contributed by atoms with van der Waals surface area (Å²) in [6.45, 7) is 4.01. The molecule has 132 valence electrons. The van der Waals surface area contributed by atoms with Crippen molar-refractivity contribution in [3.05, 3.63) is 66.2 Å². The minimum atomic E-state index is -0.273. The molecule has 0 atom stereocenters. The van der Waals surface area contributed by atoms with Crippen molar-refractivity contribution in [2.24, 2.45) is 0 Å². The highest BCUT2D eigenvalue weighted by Crippen LogP contribution is 2.22. The van der Waals surface area contributed by atoms with Crippen LogP contribution in [0.5, 0.6) is 0 Å². The molecular weight excluding hydrogens is 326 g/mol. The number of anilines is 3. The van der Waals surface area contributed by atoms with E-state index in [9.17, 15) is 4.79 Å². The number of carbonyl (C=O) groups excluding carboxylic acids is 1. The normalized spacial score (nSPS) is 10.6. The maximum atomic E-state index is 12.5. The minimum absolute atomic E-state index is 0.165. The Kier molecular flexibility index (Phi) is 5.12. The summed E-state index contributed by atoms with van der Waals surface area (Å²) in [5.74, 6) is 0.615. The van der Waals surface area contributed by atoms with Gasteiger partial charge in [0.1, 0.15) is 5.82 Å². The third-order valence-corrected chi connectivity index (χ3v) is 3.60. The van der Waals surface area contributed by atoms with Crippen molar-refractivity contribution >= 4 is 23.4 Å². The summed E-state index contributed by atoms with van der Waals surface area (Å²) in [6.07, 6.45) is 0. The van der Waals surface area contributed by atoms with E-state index in [2.05, 4.69) is 20.6 Å². The number of nitrogens with one attached hydrogen (secondary N) is 2. The van der Waals surface area contributed by atoms with Gasteiger partial charge in [-0.2, -0.15) is 4.98 Å². The van der Waals surface area contributed by atoms with Crippen LogP contribution in [-0.4, -0.2) is 21.9 Å². The molecule has 1 aromatic heterocycles. The van der Waals surface area contributed by atoms with Crippen molar-refractivity contribution in [1.82, 2.24) is 9.97 Å². The molecule has 1 heterocycles. The van der Waals surface area contributed by atoms with Gasteiger partial charge < -0.3 is 16.4 Å². The van der Waals surface area contributed by atoms with E-state index >= 15 is 0 Å². The van der Waals surface area contributed by atoms with Crippen LogP contribution in [0.15, 0.2) is 60.7 Å². The Morgan fingerprint density at radius 1 is 1.00 bits per heavy atom. The zero-order valence-electron chi connectivity index (χ0n) is 14.7. The quantitative estimate of drug-likeness (QED) is 0.611. The number of carbonyl (C=O) groups is 1. The molecule has 1 amide bonds. The predicted molar refractivity (Wildman–Crippen MR) is 105 cm³/mol. The largest absolute Gasteiger partial charge is 0.399 e. The summed E-state index contributed by atoms with van der Waals surface area (Å²) in [7, 11) is 0. The lowest BCUT2D eigenvalue weighted by atomic mass is 10.1. The van der Waals surface area contributed by atoms with E-state index in [1.165, 1.54) is 0 Å². The van der Waals surface area contributed by atoms with Crippen molar-refractivity contribution in [3.8, 4) is 11.3 Å². The van der Waals surface area contributed by atoms with Gasteiger partial charge in [0.2, 0.25) is 5.95 Å². The molecule has 0 saturated carbocycles. The fourth-order valence-corrected chi connectivity index (χ4v) is 2.46. The average Bonchev–Trinajstić information content (AvgIpc) is 2.61. The number of hydrogen-bond donors (Lipinski definition) is 3. The van der Waals surface area contributed by atoms with Crippen LogP contribution in [0.25, 0.3) is 11.3 Å². The number of amides is 1. The van der Waals surface area contributed by atoms with Crippen molar-refractivity contribution in [2.75, 3.05) is 16.4 Å². The number of nitrogens with zero attached hydrogens (tertiary/aromatic N) is 2. The number of nitrogens with two attached hydrogens (primary N) is 1. The molecule has 0 aliphatic heterocycles. The molecule has 6 nitrogen and oxygen atoms in total. The highest BCUT2D eigenvalue weighted by atomic mass is 16.1.